The topological polar surface area (TPSA) is 38.1 Å². The predicted octanol–water partition coefficient (Wildman–Crippen LogP) is 2.94. The third kappa shape index (κ3) is 3.11. The highest BCUT2D eigenvalue weighted by atomic mass is 35.5. The van der Waals surface area contributed by atoms with Gasteiger partial charge in [0.25, 0.3) is 0 Å². The van der Waals surface area contributed by atoms with Gasteiger partial charge in [-0.15, -0.1) is 0 Å². The molecule has 1 aliphatic heterocycles. The zero-order chi connectivity index (χ0) is 14.0. The number of hydrogen-bond acceptors (Lipinski definition) is 2. The van der Waals surface area contributed by atoms with E-state index in [4.69, 9.17) is 11.6 Å². The molecule has 2 rings (SSSR count). The van der Waals surface area contributed by atoms with E-state index in [1.807, 2.05) is 23.4 Å². The molecule has 0 bridgehead atoms. The summed E-state index contributed by atoms with van der Waals surface area (Å²) in [4.78, 5) is 14.2. The molecule has 1 atom stereocenters. The quantitative estimate of drug-likeness (QED) is 0.855. The van der Waals surface area contributed by atoms with Gasteiger partial charge in [-0.3, -0.25) is 9.48 Å². The van der Waals surface area contributed by atoms with Crippen LogP contribution in [0.2, 0.25) is 5.02 Å². The Kier molecular flexibility index (Phi) is 4.50. The Labute approximate surface area is 119 Å². The molecule has 0 saturated carbocycles. The molecule has 5 heteroatoms. The van der Waals surface area contributed by atoms with Gasteiger partial charge in [-0.2, -0.15) is 5.10 Å². The normalized spacial score (nSPS) is 19.8. The van der Waals surface area contributed by atoms with Gasteiger partial charge in [-0.1, -0.05) is 11.6 Å². The maximum Gasteiger partial charge on any atom is 0.224 e. The molecule has 0 radical (unpaired) electrons. The summed E-state index contributed by atoms with van der Waals surface area (Å²) in [5.41, 5.74) is 1.77. The van der Waals surface area contributed by atoms with Gasteiger partial charge >= 0.3 is 0 Å². The Morgan fingerprint density at radius 2 is 2.16 bits per heavy atom. The van der Waals surface area contributed by atoms with E-state index in [9.17, 15) is 4.79 Å². The summed E-state index contributed by atoms with van der Waals surface area (Å²) in [7, 11) is 0. The number of piperidine rings is 1. The van der Waals surface area contributed by atoms with Gasteiger partial charge in [-0.25, -0.2) is 0 Å². The van der Waals surface area contributed by atoms with Crippen LogP contribution in [-0.2, 0) is 11.3 Å². The first kappa shape index (κ1) is 14.4. The molecule has 2 heterocycles. The summed E-state index contributed by atoms with van der Waals surface area (Å²) >= 11 is 6.11. The van der Waals surface area contributed by atoms with Gasteiger partial charge in [0.1, 0.15) is 0 Å². The van der Waals surface area contributed by atoms with Crippen molar-refractivity contribution >= 4 is 17.5 Å². The van der Waals surface area contributed by atoms with Crippen LogP contribution in [0, 0.1) is 13.8 Å². The standard InChI is InChI=1S/C14H22ClN3O/c1-10-6-4-5-8-17(10)13(19)7-9-18-12(3)14(15)11(2)16-18/h10H,4-9H2,1-3H3. The number of nitrogens with zero attached hydrogens (tertiary/aromatic N) is 3. The summed E-state index contributed by atoms with van der Waals surface area (Å²) in [5, 5.41) is 5.07. The van der Waals surface area contributed by atoms with Gasteiger partial charge in [0.2, 0.25) is 5.91 Å². The maximum absolute atomic E-state index is 12.2. The fraction of sp³-hybridized carbons (Fsp3) is 0.714. The highest BCUT2D eigenvalue weighted by Crippen LogP contribution is 2.20. The molecule has 1 fully saturated rings. The van der Waals surface area contributed by atoms with Crippen LogP contribution < -0.4 is 0 Å². The van der Waals surface area contributed by atoms with Crippen LogP contribution in [0.4, 0.5) is 0 Å². The number of rotatable bonds is 3. The van der Waals surface area contributed by atoms with Crippen molar-refractivity contribution in [2.45, 2.75) is 59.0 Å². The van der Waals surface area contributed by atoms with Crippen LogP contribution in [0.25, 0.3) is 0 Å². The smallest absolute Gasteiger partial charge is 0.224 e. The molecule has 1 saturated heterocycles. The lowest BCUT2D eigenvalue weighted by Gasteiger charge is -2.33. The Hall–Kier alpha value is -1.03. The zero-order valence-electron chi connectivity index (χ0n) is 11.9. The zero-order valence-corrected chi connectivity index (χ0v) is 12.7. The average molecular weight is 284 g/mol. The number of aromatic nitrogens is 2. The molecular weight excluding hydrogens is 262 g/mol. The van der Waals surface area contributed by atoms with Crippen LogP contribution in [0.5, 0.6) is 0 Å². The first-order chi connectivity index (χ1) is 9.00. The van der Waals surface area contributed by atoms with Crippen molar-refractivity contribution in [2.24, 2.45) is 0 Å². The van der Waals surface area contributed by atoms with E-state index in [2.05, 4.69) is 12.0 Å². The summed E-state index contributed by atoms with van der Waals surface area (Å²) in [6, 6.07) is 0.380. The molecule has 1 amide bonds. The number of halogens is 1. The van der Waals surface area contributed by atoms with E-state index >= 15 is 0 Å². The molecule has 0 aromatic carbocycles. The van der Waals surface area contributed by atoms with E-state index in [1.165, 1.54) is 6.42 Å². The monoisotopic (exact) mass is 283 g/mol. The number of hydrogen-bond donors (Lipinski definition) is 0. The fourth-order valence-corrected chi connectivity index (χ4v) is 2.84. The second-order valence-corrected chi connectivity index (χ2v) is 5.77. The second kappa shape index (κ2) is 5.95. The summed E-state index contributed by atoms with van der Waals surface area (Å²) in [5.74, 6) is 0.232. The summed E-state index contributed by atoms with van der Waals surface area (Å²) < 4.78 is 1.84. The van der Waals surface area contributed by atoms with Crippen molar-refractivity contribution in [3.8, 4) is 0 Å². The highest BCUT2D eigenvalue weighted by molar-refractivity contribution is 6.31. The summed E-state index contributed by atoms with van der Waals surface area (Å²) in [6.45, 7) is 7.48. The van der Waals surface area contributed by atoms with Gasteiger partial charge in [0.15, 0.2) is 0 Å². The molecule has 1 aromatic heterocycles. The Balaban J connectivity index is 1.94. The molecule has 1 unspecified atom stereocenters. The van der Waals surface area contributed by atoms with Crippen molar-refractivity contribution in [3.05, 3.63) is 16.4 Å². The third-order valence-corrected chi connectivity index (χ3v) is 4.50. The van der Waals surface area contributed by atoms with Crippen molar-refractivity contribution in [1.82, 2.24) is 14.7 Å². The third-order valence-electron chi connectivity index (χ3n) is 3.95. The largest absolute Gasteiger partial charge is 0.340 e. The van der Waals surface area contributed by atoms with Crippen molar-refractivity contribution < 1.29 is 4.79 Å². The molecule has 106 valence electrons. The number of carbonyl (C=O) groups is 1. The SMILES string of the molecule is Cc1nn(CCC(=O)N2CCCCC2C)c(C)c1Cl. The molecule has 0 spiro atoms. The fourth-order valence-electron chi connectivity index (χ4n) is 2.71. The van der Waals surface area contributed by atoms with Crippen LogP contribution >= 0.6 is 11.6 Å². The molecular formula is C14H22ClN3O. The molecule has 19 heavy (non-hydrogen) atoms. The number of amides is 1. The van der Waals surface area contributed by atoms with Gasteiger partial charge < -0.3 is 4.90 Å². The Morgan fingerprint density at radius 1 is 1.42 bits per heavy atom. The molecule has 1 aromatic rings. The predicted molar refractivity (Wildman–Crippen MR) is 76.4 cm³/mol. The Morgan fingerprint density at radius 3 is 2.74 bits per heavy atom. The minimum Gasteiger partial charge on any atom is -0.340 e. The average Bonchev–Trinajstić information content (AvgIpc) is 2.64. The van der Waals surface area contributed by atoms with Crippen LogP contribution in [0.15, 0.2) is 0 Å². The lowest BCUT2D eigenvalue weighted by molar-refractivity contribution is -0.134. The van der Waals surface area contributed by atoms with Crippen LogP contribution in [-0.4, -0.2) is 33.2 Å². The van der Waals surface area contributed by atoms with Crippen LogP contribution in [0.1, 0.15) is 44.0 Å². The van der Waals surface area contributed by atoms with Gasteiger partial charge in [-0.05, 0) is 40.0 Å². The van der Waals surface area contributed by atoms with Gasteiger partial charge in [0, 0.05) is 19.0 Å². The van der Waals surface area contributed by atoms with Crippen molar-refractivity contribution in [3.63, 3.8) is 0 Å². The lowest BCUT2D eigenvalue weighted by Crippen LogP contribution is -2.42. The van der Waals surface area contributed by atoms with E-state index < -0.39 is 0 Å². The minimum atomic E-state index is 0.232. The molecule has 1 aliphatic rings. The van der Waals surface area contributed by atoms with Crippen molar-refractivity contribution in [1.29, 1.82) is 0 Å². The van der Waals surface area contributed by atoms with Crippen molar-refractivity contribution in [2.75, 3.05) is 6.54 Å². The van der Waals surface area contributed by atoms with E-state index in [0.717, 1.165) is 30.8 Å². The number of likely N-dealkylation sites (tertiary alicyclic amines) is 1. The number of aryl methyl sites for hydroxylation is 2. The Bertz CT molecular complexity index is 470. The van der Waals surface area contributed by atoms with Gasteiger partial charge in [0.05, 0.1) is 23.0 Å². The first-order valence-electron chi connectivity index (χ1n) is 6.99. The minimum absolute atomic E-state index is 0.232. The highest BCUT2D eigenvalue weighted by Gasteiger charge is 2.23. The van der Waals surface area contributed by atoms with E-state index in [1.54, 1.807) is 0 Å². The van der Waals surface area contributed by atoms with E-state index in [0.29, 0.717) is 24.0 Å². The second-order valence-electron chi connectivity index (χ2n) is 5.39. The molecule has 4 nitrogen and oxygen atoms in total. The summed E-state index contributed by atoms with van der Waals surface area (Å²) in [6.07, 6.45) is 3.99. The maximum atomic E-state index is 12.2. The lowest BCUT2D eigenvalue weighted by atomic mass is 10.0. The van der Waals surface area contributed by atoms with Crippen LogP contribution in [0.3, 0.4) is 0 Å². The molecule has 0 N–H and O–H groups in total. The molecule has 0 aliphatic carbocycles. The van der Waals surface area contributed by atoms with E-state index in [-0.39, 0.29) is 5.91 Å². The number of carbonyl (C=O) groups excluding carboxylic acids is 1. The first-order valence-corrected chi connectivity index (χ1v) is 7.37.